The van der Waals surface area contributed by atoms with Gasteiger partial charge in [0.2, 0.25) is 0 Å². The van der Waals surface area contributed by atoms with Gasteiger partial charge in [0.15, 0.2) is 5.82 Å². The van der Waals surface area contributed by atoms with Crippen LogP contribution in [0.15, 0.2) is 54.6 Å². The zero-order valence-corrected chi connectivity index (χ0v) is 18.3. The van der Waals surface area contributed by atoms with Crippen molar-refractivity contribution < 1.29 is 0 Å². The van der Waals surface area contributed by atoms with Crippen molar-refractivity contribution in [1.29, 1.82) is 0 Å². The fraction of sp³-hybridized carbons (Fsp3) is 0.238. The maximum atomic E-state index is 6.52. The van der Waals surface area contributed by atoms with Crippen molar-refractivity contribution in [2.45, 2.75) is 12.5 Å². The number of hydrogen-bond donors (Lipinski definition) is 1. The molecule has 4 aromatic rings. The molecule has 0 aliphatic carbocycles. The topological polar surface area (TPSA) is 55.0 Å². The first kappa shape index (κ1) is 22.5. The highest BCUT2D eigenvalue weighted by Crippen LogP contribution is 2.33. The Morgan fingerprint density at radius 2 is 1.71 bits per heavy atom. The molecule has 0 saturated heterocycles. The molecule has 1 atom stereocenters. The first-order chi connectivity index (χ1) is 12.6. The van der Waals surface area contributed by atoms with E-state index >= 15 is 0 Å². The lowest BCUT2D eigenvalue weighted by atomic mass is 10.1. The van der Waals surface area contributed by atoms with Gasteiger partial charge in [0.25, 0.3) is 0 Å². The minimum absolute atomic E-state index is 0. The number of benzene rings is 2. The molecule has 0 fully saturated rings. The SMILES string of the molecule is CN(C)CCC(N)c1nc(-c2cc3ccccc3s2)nc2ccccc12.Cl.Cl. The van der Waals surface area contributed by atoms with E-state index in [0.29, 0.717) is 0 Å². The predicted octanol–water partition coefficient (Wildman–Crippen LogP) is 5.31. The normalized spacial score (nSPS) is 12.0. The molecule has 0 aliphatic rings. The number of para-hydroxylation sites is 1. The van der Waals surface area contributed by atoms with Gasteiger partial charge in [0.1, 0.15) is 0 Å². The zero-order valence-electron chi connectivity index (χ0n) is 15.8. The van der Waals surface area contributed by atoms with Crippen LogP contribution in [0.5, 0.6) is 0 Å². The van der Waals surface area contributed by atoms with Gasteiger partial charge in [-0.25, -0.2) is 9.97 Å². The summed E-state index contributed by atoms with van der Waals surface area (Å²) in [5.74, 6) is 0.764. The average molecular weight is 435 g/mol. The fourth-order valence-electron chi connectivity index (χ4n) is 3.12. The van der Waals surface area contributed by atoms with Gasteiger partial charge in [-0.1, -0.05) is 36.4 Å². The Kier molecular flexibility index (Phi) is 7.75. The lowest BCUT2D eigenvalue weighted by molar-refractivity contribution is 0.381. The van der Waals surface area contributed by atoms with Crippen LogP contribution in [0.25, 0.3) is 31.7 Å². The average Bonchev–Trinajstić information content (AvgIpc) is 3.09. The molecule has 148 valence electrons. The Hall–Kier alpha value is -1.76. The molecule has 4 rings (SSSR count). The lowest BCUT2D eigenvalue weighted by Gasteiger charge is -2.17. The highest BCUT2D eigenvalue weighted by molar-refractivity contribution is 7.22. The molecule has 2 aromatic carbocycles. The first-order valence-electron chi connectivity index (χ1n) is 8.78. The lowest BCUT2D eigenvalue weighted by Crippen LogP contribution is -2.21. The number of thiophene rings is 1. The van der Waals surface area contributed by atoms with E-state index in [2.05, 4.69) is 55.4 Å². The van der Waals surface area contributed by atoms with Crippen molar-refractivity contribution in [3.63, 3.8) is 0 Å². The van der Waals surface area contributed by atoms with Crippen LogP contribution in [0.4, 0.5) is 0 Å². The quantitative estimate of drug-likeness (QED) is 0.462. The summed E-state index contributed by atoms with van der Waals surface area (Å²) < 4.78 is 1.25. The van der Waals surface area contributed by atoms with Crippen LogP contribution in [-0.2, 0) is 0 Å². The van der Waals surface area contributed by atoms with Gasteiger partial charge in [-0.15, -0.1) is 36.2 Å². The van der Waals surface area contributed by atoms with Crippen molar-refractivity contribution in [3.8, 4) is 10.7 Å². The van der Waals surface area contributed by atoms with Crippen LogP contribution in [0.3, 0.4) is 0 Å². The van der Waals surface area contributed by atoms with Crippen LogP contribution in [-0.4, -0.2) is 35.5 Å². The molecule has 2 N–H and O–H groups in total. The third-order valence-electron chi connectivity index (χ3n) is 4.52. The van der Waals surface area contributed by atoms with Gasteiger partial charge >= 0.3 is 0 Å². The second-order valence-electron chi connectivity index (χ2n) is 6.80. The van der Waals surface area contributed by atoms with Gasteiger partial charge < -0.3 is 10.6 Å². The van der Waals surface area contributed by atoms with Crippen LogP contribution in [0.2, 0.25) is 0 Å². The van der Waals surface area contributed by atoms with Gasteiger partial charge in [-0.05, 0) is 50.6 Å². The molecule has 7 heteroatoms. The van der Waals surface area contributed by atoms with E-state index in [1.54, 1.807) is 11.3 Å². The Bertz CT molecular complexity index is 1030. The summed E-state index contributed by atoms with van der Waals surface area (Å²) in [6.07, 6.45) is 0.861. The van der Waals surface area contributed by atoms with Crippen molar-refractivity contribution in [2.75, 3.05) is 20.6 Å². The summed E-state index contributed by atoms with van der Waals surface area (Å²) in [6, 6.07) is 18.6. The van der Waals surface area contributed by atoms with Gasteiger partial charge in [-0.3, -0.25) is 0 Å². The standard InChI is InChI=1S/C21H22N4S.2ClH/c1-25(2)12-11-16(22)20-15-8-4-5-9-17(15)23-21(24-20)19-13-14-7-3-6-10-18(14)26-19;;/h3-10,13,16H,11-12,22H2,1-2H3;2*1H. The maximum absolute atomic E-state index is 6.52. The molecule has 0 amide bonds. The molecule has 0 saturated carbocycles. The molecular formula is C21H24Cl2N4S. The number of hydrogen-bond acceptors (Lipinski definition) is 5. The molecule has 2 aromatic heterocycles. The fourth-order valence-corrected chi connectivity index (χ4v) is 4.12. The largest absolute Gasteiger partial charge is 0.323 e. The Labute approximate surface area is 181 Å². The van der Waals surface area contributed by atoms with Crippen molar-refractivity contribution >= 4 is 57.1 Å². The van der Waals surface area contributed by atoms with E-state index in [0.717, 1.165) is 40.3 Å². The monoisotopic (exact) mass is 434 g/mol. The van der Waals surface area contributed by atoms with Crippen molar-refractivity contribution in [1.82, 2.24) is 14.9 Å². The number of fused-ring (bicyclic) bond motifs is 2. The summed E-state index contributed by atoms with van der Waals surface area (Å²) in [5.41, 5.74) is 8.40. The molecule has 2 heterocycles. The highest BCUT2D eigenvalue weighted by Gasteiger charge is 2.16. The van der Waals surface area contributed by atoms with E-state index in [-0.39, 0.29) is 30.9 Å². The van der Waals surface area contributed by atoms with E-state index in [1.807, 2.05) is 18.2 Å². The van der Waals surface area contributed by atoms with E-state index in [1.165, 1.54) is 10.1 Å². The molecule has 4 nitrogen and oxygen atoms in total. The van der Waals surface area contributed by atoms with Gasteiger partial charge in [0.05, 0.1) is 16.1 Å². The Morgan fingerprint density at radius 3 is 2.46 bits per heavy atom. The van der Waals surface area contributed by atoms with Crippen LogP contribution in [0.1, 0.15) is 18.2 Å². The summed E-state index contributed by atoms with van der Waals surface area (Å²) >= 11 is 1.72. The van der Waals surface area contributed by atoms with Crippen LogP contribution in [0, 0.1) is 0 Å². The van der Waals surface area contributed by atoms with E-state index in [9.17, 15) is 0 Å². The molecular weight excluding hydrogens is 411 g/mol. The Balaban J connectivity index is 0.00000140. The highest BCUT2D eigenvalue weighted by atomic mass is 35.5. The van der Waals surface area contributed by atoms with Gasteiger partial charge in [0, 0.05) is 16.1 Å². The minimum Gasteiger partial charge on any atom is -0.323 e. The molecule has 0 spiro atoms. The number of nitrogens with two attached hydrogens (primary N) is 1. The number of nitrogens with zero attached hydrogens (tertiary/aromatic N) is 3. The molecule has 28 heavy (non-hydrogen) atoms. The zero-order chi connectivity index (χ0) is 18.1. The second kappa shape index (κ2) is 9.63. The third-order valence-corrected chi connectivity index (χ3v) is 5.63. The second-order valence-corrected chi connectivity index (χ2v) is 7.88. The first-order valence-corrected chi connectivity index (χ1v) is 9.59. The van der Waals surface area contributed by atoms with Crippen LogP contribution >= 0.6 is 36.2 Å². The number of halogens is 2. The van der Waals surface area contributed by atoms with Crippen molar-refractivity contribution in [3.05, 3.63) is 60.3 Å². The smallest absolute Gasteiger partial charge is 0.170 e. The van der Waals surface area contributed by atoms with Crippen molar-refractivity contribution in [2.24, 2.45) is 5.73 Å². The van der Waals surface area contributed by atoms with Gasteiger partial charge in [-0.2, -0.15) is 0 Å². The summed E-state index contributed by atoms with van der Waals surface area (Å²) in [6.45, 7) is 0.928. The number of rotatable bonds is 5. The van der Waals surface area contributed by atoms with E-state index in [4.69, 9.17) is 15.7 Å². The maximum Gasteiger partial charge on any atom is 0.170 e. The predicted molar refractivity (Wildman–Crippen MR) is 125 cm³/mol. The van der Waals surface area contributed by atoms with E-state index < -0.39 is 0 Å². The molecule has 0 aliphatic heterocycles. The minimum atomic E-state index is -0.113. The van der Waals surface area contributed by atoms with Crippen LogP contribution < -0.4 is 5.73 Å². The molecule has 0 bridgehead atoms. The summed E-state index contributed by atoms with van der Waals surface area (Å²) in [5, 5.41) is 2.27. The summed E-state index contributed by atoms with van der Waals surface area (Å²) in [7, 11) is 4.13. The molecule has 1 unspecified atom stereocenters. The molecule has 0 radical (unpaired) electrons. The number of aromatic nitrogens is 2. The third kappa shape index (κ3) is 4.62. The Morgan fingerprint density at radius 1 is 1.00 bits per heavy atom. The summed E-state index contributed by atoms with van der Waals surface area (Å²) in [4.78, 5) is 12.9.